The van der Waals surface area contributed by atoms with Gasteiger partial charge < -0.3 is 0 Å². The number of nitro groups is 1. The summed E-state index contributed by atoms with van der Waals surface area (Å²) in [7, 11) is 0. The van der Waals surface area contributed by atoms with Gasteiger partial charge in [0.25, 0.3) is 0 Å². The van der Waals surface area contributed by atoms with Gasteiger partial charge in [-0.1, -0.05) is 36.8 Å². The van der Waals surface area contributed by atoms with Crippen LogP contribution in [-0.2, 0) is 6.42 Å². The minimum Gasteiger partial charge on any atom is -0.258 e. The molecule has 0 aliphatic rings. The summed E-state index contributed by atoms with van der Waals surface area (Å²) in [4.78, 5) is 15.3. The van der Waals surface area contributed by atoms with Crippen LogP contribution in [0.5, 0.6) is 0 Å². The third-order valence-corrected chi connectivity index (χ3v) is 3.86. The van der Waals surface area contributed by atoms with Crippen molar-refractivity contribution >= 4 is 28.2 Å². The predicted octanol–water partition coefficient (Wildman–Crippen LogP) is 4.75. The van der Waals surface area contributed by atoms with Crippen molar-refractivity contribution in [2.75, 3.05) is 0 Å². The van der Waals surface area contributed by atoms with Crippen molar-refractivity contribution in [1.82, 2.24) is 0 Å². The predicted molar refractivity (Wildman–Crippen MR) is 83.3 cm³/mol. The first-order chi connectivity index (χ1) is 9.69. The molecular formula is C15H16N2O2S. The molecule has 0 amide bonds. The molecule has 0 unspecified atom stereocenters. The Kier molecular flexibility index (Phi) is 5.01. The Bertz CT molecular complexity index is 603. The highest BCUT2D eigenvalue weighted by Crippen LogP contribution is 2.23. The zero-order chi connectivity index (χ0) is 14.4. The summed E-state index contributed by atoms with van der Waals surface area (Å²) >= 11 is 1.13. The zero-order valence-corrected chi connectivity index (χ0v) is 12.1. The molecule has 0 aliphatic heterocycles. The second kappa shape index (κ2) is 6.96. The van der Waals surface area contributed by atoms with Crippen LogP contribution in [0, 0.1) is 10.1 Å². The summed E-state index contributed by atoms with van der Waals surface area (Å²) in [5.74, 6) is 0. The van der Waals surface area contributed by atoms with Crippen LogP contribution in [0.15, 0.2) is 41.4 Å². The molecule has 2 rings (SSSR count). The van der Waals surface area contributed by atoms with Gasteiger partial charge in [0.15, 0.2) is 0 Å². The number of rotatable bonds is 6. The lowest BCUT2D eigenvalue weighted by atomic mass is 10.1. The topological polar surface area (TPSA) is 55.5 Å². The summed E-state index contributed by atoms with van der Waals surface area (Å²) in [6.45, 7) is 2.18. The molecule has 0 radical (unpaired) electrons. The molecule has 2 aromatic rings. The Labute approximate surface area is 122 Å². The first-order valence-corrected chi connectivity index (χ1v) is 7.38. The summed E-state index contributed by atoms with van der Waals surface area (Å²) in [5.41, 5.74) is 2.18. The summed E-state index contributed by atoms with van der Waals surface area (Å²) in [6.07, 6.45) is 5.15. The quantitative estimate of drug-likeness (QED) is 0.437. The van der Waals surface area contributed by atoms with E-state index in [1.54, 1.807) is 12.3 Å². The van der Waals surface area contributed by atoms with Crippen molar-refractivity contribution in [1.29, 1.82) is 0 Å². The number of benzene rings is 1. The van der Waals surface area contributed by atoms with Gasteiger partial charge >= 0.3 is 5.00 Å². The van der Waals surface area contributed by atoms with Gasteiger partial charge in [-0.05, 0) is 36.6 Å². The van der Waals surface area contributed by atoms with Crippen molar-refractivity contribution in [2.24, 2.45) is 4.99 Å². The van der Waals surface area contributed by atoms with Crippen LogP contribution in [0.3, 0.4) is 0 Å². The van der Waals surface area contributed by atoms with E-state index in [0.29, 0.717) is 0 Å². The molecule has 0 spiro atoms. The molecule has 0 saturated heterocycles. The van der Waals surface area contributed by atoms with E-state index in [-0.39, 0.29) is 9.92 Å². The van der Waals surface area contributed by atoms with Gasteiger partial charge in [0.05, 0.1) is 15.5 Å². The number of hydrogen-bond acceptors (Lipinski definition) is 4. The fraction of sp³-hybridized carbons (Fsp3) is 0.267. The third kappa shape index (κ3) is 3.99. The third-order valence-electron chi connectivity index (χ3n) is 2.89. The van der Waals surface area contributed by atoms with Crippen molar-refractivity contribution in [3.05, 3.63) is 57.0 Å². The van der Waals surface area contributed by atoms with E-state index in [1.807, 2.05) is 12.1 Å². The average Bonchev–Trinajstić information content (AvgIpc) is 2.93. The Hall–Kier alpha value is -2.01. The smallest absolute Gasteiger partial charge is 0.258 e. The molecule has 0 fully saturated rings. The molecule has 1 aromatic heterocycles. The molecule has 20 heavy (non-hydrogen) atoms. The fourth-order valence-corrected chi connectivity index (χ4v) is 2.47. The van der Waals surface area contributed by atoms with Gasteiger partial charge in [-0.15, -0.1) is 0 Å². The Morgan fingerprint density at radius 2 is 2.00 bits per heavy atom. The highest BCUT2D eigenvalue weighted by molar-refractivity contribution is 7.16. The van der Waals surface area contributed by atoms with Crippen LogP contribution in [0.25, 0.3) is 0 Å². The average molecular weight is 288 g/mol. The van der Waals surface area contributed by atoms with E-state index < -0.39 is 0 Å². The van der Waals surface area contributed by atoms with E-state index in [9.17, 15) is 10.1 Å². The molecule has 0 saturated carbocycles. The van der Waals surface area contributed by atoms with Crippen LogP contribution in [-0.4, -0.2) is 11.1 Å². The van der Waals surface area contributed by atoms with Crippen LogP contribution >= 0.6 is 11.3 Å². The van der Waals surface area contributed by atoms with Gasteiger partial charge in [-0.3, -0.25) is 15.1 Å². The minimum absolute atomic E-state index is 0.140. The monoisotopic (exact) mass is 288 g/mol. The van der Waals surface area contributed by atoms with Crippen molar-refractivity contribution < 1.29 is 4.92 Å². The van der Waals surface area contributed by atoms with Gasteiger partial charge in [0, 0.05) is 12.3 Å². The standard InChI is InChI=1S/C15H16N2O2S/c1-2-3-4-12-5-7-13(8-6-12)16-11-14-9-10-15(20-14)17(18)19/h5-11H,2-4H2,1H3. The van der Waals surface area contributed by atoms with Crippen LogP contribution in [0.2, 0.25) is 0 Å². The molecule has 0 atom stereocenters. The summed E-state index contributed by atoms with van der Waals surface area (Å²) in [5, 5.41) is 10.7. The van der Waals surface area contributed by atoms with Gasteiger partial charge in [-0.25, -0.2) is 0 Å². The Morgan fingerprint density at radius 3 is 2.60 bits per heavy atom. The second-order valence-corrected chi connectivity index (χ2v) is 5.56. The van der Waals surface area contributed by atoms with Crippen molar-refractivity contribution in [3.8, 4) is 0 Å². The van der Waals surface area contributed by atoms with Gasteiger partial charge in [0.2, 0.25) is 0 Å². The second-order valence-electron chi connectivity index (χ2n) is 4.46. The lowest BCUT2D eigenvalue weighted by Crippen LogP contribution is -1.83. The van der Waals surface area contributed by atoms with Crippen LogP contribution in [0.1, 0.15) is 30.2 Å². The number of aryl methyl sites for hydroxylation is 1. The maximum atomic E-state index is 10.6. The molecule has 0 aliphatic carbocycles. The van der Waals surface area contributed by atoms with E-state index in [0.717, 1.165) is 28.3 Å². The first kappa shape index (κ1) is 14.4. The Morgan fingerprint density at radius 1 is 1.25 bits per heavy atom. The van der Waals surface area contributed by atoms with E-state index in [2.05, 4.69) is 24.0 Å². The van der Waals surface area contributed by atoms with Crippen LogP contribution in [0.4, 0.5) is 10.7 Å². The van der Waals surface area contributed by atoms with Gasteiger partial charge in [0.1, 0.15) is 0 Å². The lowest BCUT2D eigenvalue weighted by molar-refractivity contribution is -0.380. The molecule has 0 bridgehead atoms. The SMILES string of the molecule is CCCCc1ccc(N=Cc2ccc([N+](=O)[O-])s2)cc1. The normalized spacial score (nSPS) is 11.1. The maximum Gasteiger partial charge on any atom is 0.324 e. The fourth-order valence-electron chi connectivity index (χ4n) is 1.78. The van der Waals surface area contributed by atoms with E-state index >= 15 is 0 Å². The van der Waals surface area contributed by atoms with Gasteiger partial charge in [-0.2, -0.15) is 0 Å². The van der Waals surface area contributed by atoms with E-state index in [1.165, 1.54) is 24.5 Å². The largest absolute Gasteiger partial charge is 0.324 e. The van der Waals surface area contributed by atoms with Crippen molar-refractivity contribution in [3.63, 3.8) is 0 Å². The zero-order valence-electron chi connectivity index (χ0n) is 11.3. The first-order valence-electron chi connectivity index (χ1n) is 6.56. The number of nitrogens with zero attached hydrogens (tertiary/aromatic N) is 2. The highest BCUT2D eigenvalue weighted by atomic mass is 32.1. The van der Waals surface area contributed by atoms with Crippen LogP contribution < -0.4 is 0 Å². The van der Waals surface area contributed by atoms with E-state index in [4.69, 9.17) is 0 Å². The molecule has 1 aromatic carbocycles. The molecular weight excluding hydrogens is 272 g/mol. The highest BCUT2D eigenvalue weighted by Gasteiger charge is 2.07. The maximum absolute atomic E-state index is 10.6. The Balaban J connectivity index is 2.01. The summed E-state index contributed by atoms with van der Waals surface area (Å²) in [6, 6.07) is 11.3. The lowest BCUT2D eigenvalue weighted by Gasteiger charge is -1.99. The molecule has 1 heterocycles. The van der Waals surface area contributed by atoms with Crippen molar-refractivity contribution in [2.45, 2.75) is 26.2 Å². The summed E-state index contributed by atoms with van der Waals surface area (Å²) < 4.78 is 0. The molecule has 4 nitrogen and oxygen atoms in total. The molecule has 0 N–H and O–H groups in total. The number of aliphatic imine (C=N–C) groups is 1. The number of unbranched alkanes of at least 4 members (excludes halogenated alkanes) is 1. The molecule has 5 heteroatoms. The number of hydrogen-bond donors (Lipinski definition) is 0. The minimum atomic E-state index is -0.384. The number of thiophene rings is 1. The molecule has 104 valence electrons.